The zero-order chi connectivity index (χ0) is 14.2. The van der Waals surface area contributed by atoms with Crippen LogP contribution in [0.3, 0.4) is 0 Å². The van der Waals surface area contributed by atoms with E-state index in [1.807, 2.05) is 0 Å². The average molecular weight is 262 g/mol. The normalized spacial score (nSPS) is 10.4. The highest BCUT2D eigenvalue weighted by Gasteiger charge is 2.21. The Balaban J connectivity index is 2.71. The second kappa shape index (κ2) is 4.48. The highest BCUT2D eigenvalue weighted by molar-refractivity contribution is 5.86. The van der Waals surface area contributed by atoms with Crippen LogP contribution in [0.15, 0.2) is 18.2 Å². The van der Waals surface area contributed by atoms with Crippen molar-refractivity contribution in [2.24, 2.45) is 0 Å². The summed E-state index contributed by atoms with van der Waals surface area (Å²) in [5.74, 6) is -1.35. The number of hydrogen-bond donors (Lipinski definition) is 1. The van der Waals surface area contributed by atoms with Crippen molar-refractivity contribution in [1.29, 1.82) is 0 Å². The van der Waals surface area contributed by atoms with Crippen LogP contribution in [0.4, 0.5) is 5.69 Å². The van der Waals surface area contributed by atoms with Crippen molar-refractivity contribution in [2.75, 3.05) is 0 Å². The van der Waals surface area contributed by atoms with Crippen molar-refractivity contribution in [3.8, 4) is 5.82 Å². The van der Waals surface area contributed by atoms with Gasteiger partial charge in [-0.25, -0.2) is 14.5 Å². The third-order valence-corrected chi connectivity index (χ3v) is 2.48. The van der Waals surface area contributed by atoms with Crippen molar-refractivity contribution >= 4 is 11.7 Å². The number of hydrogen-bond acceptors (Lipinski definition) is 5. The van der Waals surface area contributed by atoms with E-state index in [1.54, 1.807) is 19.9 Å². The largest absolute Gasteiger partial charge is 0.477 e. The molecule has 0 bridgehead atoms. The number of carbonyl (C=O) groups is 1. The van der Waals surface area contributed by atoms with Gasteiger partial charge in [0.05, 0.1) is 10.6 Å². The van der Waals surface area contributed by atoms with Crippen LogP contribution in [0, 0.1) is 24.0 Å². The molecule has 2 heterocycles. The van der Waals surface area contributed by atoms with E-state index >= 15 is 0 Å². The van der Waals surface area contributed by atoms with E-state index in [0.717, 1.165) is 12.1 Å². The third-order valence-electron chi connectivity index (χ3n) is 2.48. The molecule has 98 valence electrons. The maximum atomic E-state index is 11.0. The fourth-order valence-electron chi connectivity index (χ4n) is 1.70. The van der Waals surface area contributed by atoms with Gasteiger partial charge in [-0.05, 0) is 26.0 Å². The summed E-state index contributed by atoms with van der Waals surface area (Å²) in [6.07, 6.45) is 0. The summed E-state index contributed by atoms with van der Waals surface area (Å²) >= 11 is 0. The fraction of sp³-hybridized carbons (Fsp3) is 0.182. The van der Waals surface area contributed by atoms with Crippen molar-refractivity contribution in [3.05, 3.63) is 45.4 Å². The lowest BCUT2D eigenvalue weighted by Gasteiger charge is -2.05. The molecule has 2 rings (SSSR count). The first-order valence-corrected chi connectivity index (χ1v) is 5.32. The Morgan fingerprint density at radius 1 is 1.42 bits per heavy atom. The summed E-state index contributed by atoms with van der Waals surface area (Å²) in [5, 5.41) is 24.0. The van der Waals surface area contributed by atoms with Crippen LogP contribution in [0.25, 0.3) is 5.82 Å². The van der Waals surface area contributed by atoms with Gasteiger partial charge in [-0.2, -0.15) is 5.10 Å². The summed E-state index contributed by atoms with van der Waals surface area (Å²) < 4.78 is 1.26. The van der Waals surface area contributed by atoms with Gasteiger partial charge in [0.1, 0.15) is 0 Å². The lowest BCUT2D eigenvalue weighted by atomic mass is 10.3. The van der Waals surface area contributed by atoms with Crippen LogP contribution < -0.4 is 0 Å². The smallest absolute Gasteiger partial charge is 0.354 e. The molecule has 1 N–H and O–H groups in total. The van der Waals surface area contributed by atoms with Crippen molar-refractivity contribution < 1.29 is 14.8 Å². The van der Waals surface area contributed by atoms with Gasteiger partial charge in [-0.1, -0.05) is 0 Å². The number of aryl methyl sites for hydroxylation is 2. The van der Waals surface area contributed by atoms with E-state index in [4.69, 9.17) is 5.11 Å². The van der Waals surface area contributed by atoms with E-state index < -0.39 is 10.9 Å². The molecule has 0 aliphatic rings. The molecule has 0 radical (unpaired) electrons. The number of nitrogens with zero attached hydrogens (tertiary/aromatic N) is 4. The van der Waals surface area contributed by atoms with Crippen LogP contribution in [0.5, 0.6) is 0 Å². The molecule has 0 unspecified atom stereocenters. The van der Waals surface area contributed by atoms with E-state index in [0.29, 0.717) is 11.4 Å². The summed E-state index contributed by atoms with van der Waals surface area (Å²) in [6.45, 7) is 3.44. The molecule has 0 spiro atoms. The molecule has 0 fully saturated rings. The minimum atomic E-state index is -1.25. The zero-order valence-corrected chi connectivity index (χ0v) is 10.2. The number of carboxylic acids is 1. The van der Waals surface area contributed by atoms with Gasteiger partial charge in [-0.3, -0.25) is 10.1 Å². The number of rotatable bonds is 3. The Bertz CT molecular complexity index is 677. The Morgan fingerprint density at radius 3 is 2.58 bits per heavy atom. The Kier molecular flexibility index (Phi) is 2.99. The number of carboxylic acid groups (broad SMARTS) is 1. The van der Waals surface area contributed by atoms with Crippen LogP contribution in [-0.4, -0.2) is 30.8 Å². The molecule has 0 saturated heterocycles. The van der Waals surface area contributed by atoms with Crippen LogP contribution in [0.2, 0.25) is 0 Å². The lowest BCUT2D eigenvalue weighted by molar-refractivity contribution is -0.385. The van der Waals surface area contributed by atoms with Crippen molar-refractivity contribution in [2.45, 2.75) is 13.8 Å². The maximum Gasteiger partial charge on any atom is 0.354 e. The van der Waals surface area contributed by atoms with Gasteiger partial charge in [0.25, 0.3) is 0 Å². The number of nitro groups is 1. The first kappa shape index (κ1) is 12.7. The number of pyridine rings is 1. The molecule has 0 atom stereocenters. The van der Waals surface area contributed by atoms with Gasteiger partial charge < -0.3 is 5.11 Å². The molecule has 0 aliphatic heterocycles. The fourth-order valence-corrected chi connectivity index (χ4v) is 1.70. The predicted molar refractivity (Wildman–Crippen MR) is 64.4 cm³/mol. The van der Waals surface area contributed by atoms with Crippen LogP contribution in [0.1, 0.15) is 21.9 Å². The molecular formula is C11H10N4O4. The first-order valence-electron chi connectivity index (χ1n) is 5.32. The van der Waals surface area contributed by atoms with Gasteiger partial charge >= 0.3 is 11.7 Å². The van der Waals surface area contributed by atoms with Gasteiger partial charge in [-0.15, -0.1) is 0 Å². The van der Waals surface area contributed by atoms with E-state index in [2.05, 4.69) is 10.1 Å². The van der Waals surface area contributed by atoms with Crippen molar-refractivity contribution in [1.82, 2.24) is 14.8 Å². The molecule has 19 heavy (non-hydrogen) atoms. The molecule has 2 aromatic rings. The highest BCUT2D eigenvalue weighted by atomic mass is 16.6. The summed E-state index contributed by atoms with van der Waals surface area (Å²) in [6, 6.07) is 3.93. The Hall–Kier alpha value is -2.77. The highest BCUT2D eigenvalue weighted by Crippen LogP contribution is 2.22. The molecule has 8 nitrogen and oxygen atoms in total. The third kappa shape index (κ3) is 2.28. The summed E-state index contributed by atoms with van der Waals surface area (Å²) in [7, 11) is 0. The molecule has 2 aromatic heterocycles. The molecular weight excluding hydrogens is 252 g/mol. The van der Waals surface area contributed by atoms with Crippen LogP contribution in [-0.2, 0) is 0 Å². The average Bonchev–Trinajstić information content (AvgIpc) is 2.67. The number of aromatic carboxylic acids is 1. The quantitative estimate of drug-likeness (QED) is 0.662. The second-order valence-electron chi connectivity index (χ2n) is 3.94. The Morgan fingerprint density at radius 2 is 2.11 bits per heavy atom. The summed E-state index contributed by atoms with van der Waals surface area (Å²) in [4.78, 5) is 25.0. The van der Waals surface area contributed by atoms with E-state index in [1.165, 1.54) is 4.68 Å². The standard InChI is InChI=1S/C11H10N4O4/c1-6-5-7(2)14(13-6)10-9(15(18)19)4-3-8(12-10)11(16)17/h3-5H,1-2H3,(H,16,17). The minimum absolute atomic E-state index is 0.101. The zero-order valence-electron chi connectivity index (χ0n) is 10.2. The molecule has 0 amide bonds. The molecule has 8 heteroatoms. The first-order chi connectivity index (χ1) is 8.90. The van der Waals surface area contributed by atoms with Gasteiger partial charge in [0, 0.05) is 11.8 Å². The van der Waals surface area contributed by atoms with E-state index in [9.17, 15) is 14.9 Å². The lowest BCUT2D eigenvalue weighted by Crippen LogP contribution is -2.10. The monoisotopic (exact) mass is 262 g/mol. The van der Waals surface area contributed by atoms with Gasteiger partial charge in [0.2, 0.25) is 5.82 Å². The maximum absolute atomic E-state index is 11.0. The molecule has 0 saturated carbocycles. The summed E-state index contributed by atoms with van der Waals surface area (Å²) in [5.41, 5.74) is 0.731. The van der Waals surface area contributed by atoms with Gasteiger partial charge in [0.15, 0.2) is 5.69 Å². The molecule has 0 aromatic carbocycles. The topological polar surface area (TPSA) is 111 Å². The SMILES string of the molecule is Cc1cc(C)n(-c2nc(C(=O)O)ccc2[N+](=O)[O-])n1. The minimum Gasteiger partial charge on any atom is -0.477 e. The predicted octanol–water partition coefficient (Wildman–Crippen LogP) is 1.49. The second-order valence-corrected chi connectivity index (χ2v) is 3.94. The van der Waals surface area contributed by atoms with E-state index in [-0.39, 0.29) is 17.2 Å². The van der Waals surface area contributed by atoms with Crippen molar-refractivity contribution in [3.63, 3.8) is 0 Å². The molecule has 0 aliphatic carbocycles. The van der Waals surface area contributed by atoms with Crippen LogP contribution >= 0.6 is 0 Å². The number of aromatic nitrogens is 3. The Labute approximate surface area is 107 Å².